The number of hydrogen-bond acceptors (Lipinski definition) is 5. The van der Waals surface area contributed by atoms with E-state index >= 15 is 0 Å². The lowest BCUT2D eigenvalue weighted by Crippen LogP contribution is -2.47. The summed E-state index contributed by atoms with van der Waals surface area (Å²) < 4.78 is 11.3. The summed E-state index contributed by atoms with van der Waals surface area (Å²) in [6.07, 6.45) is 1.61. The molecule has 6 heteroatoms. The molecular weight excluding hydrogens is 270 g/mol. The van der Waals surface area contributed by atoms with E-state index < -0.39 is 5.60 Å². The minimum atomic E-state index is -0.442. The van der Waals surface area contributed by atoms with Gasteiger partial charge in [-0.25, -0.2) is 9.80 Å². The highest BCUT2D eigenvalue weighted by molar-refractivity contribution is 5.68. The van der Waals surface area contributed by atoms with Gasteiger partial charge in [0.05, 0.1) is 5.60 Å². The molecule has 0 aromatic heterocycles. The predicted molar refractivity (Wildman–Crippen MR) is 82.5 cm³/mol. The molecule has 1 amide bonds. The summed E-state index contributed by atoms with van der Waals surface area (Å²) in [5.74, 6) is 6.00. The van der Waals surface area contributed by atoms with Gasteiger partial charge in [0.25, 0.3) is 0 Å². The van der Waals surface area contributed by atoms with Crippen molar-refractivity contribution in [1.82, 2.24) is 9.91 Å². The average Bonchev–Trinajstić information content (AvgIpc) is 2.35. The molecule has 0 radical (unpaired) electrons. The summed E-state index contributed by atoms with van der Waals surface area (Å²) in [5.41, 5.74) is -0.685. The summed E-state index contributed by atoms with van der Waals surface area (Å²) in [4.78, 5) is 13.8. The summed E-state index contributed by atoms with van der Waals surface area (Å²) in [6.45, 7) is 11.7. The lowest BCUT2D eigenvalue weighted by atomic mass is 9.83. The van der Waals surface area contributed by atoms with Crippen molar-refractivity contribution in [2.24, 2.45) is 11.8 Å². The Morgan fingerprint density at radius 1 is 1.24 bits per heavy atom. The topological polar surface area (TPSA) is 68.0 Å². The SMILES string of the molecule is CN(N)COC(C)(C)C1CCN(C(=O)OC(C)(C)C)CC1. The van der Waals surface area contributed by atoms with Crippen LogP contribution >= 0.6 is 0 Å². The van der Waals surface area contributed by atoms with Gasteiger partial charge in [0.1, 0.15) is 12.3 Å². The van der Waals surface area contributed by atoms with Crippen molar-refractivity contribution in [1.29, 1.82) is 0 Å². The molecule has 0 bridgehead atoms. The van der Waals surface area contributed by atoms with Crippen LogP contribution < -0.4 is 5.84 Å². The predicted octanol–water partition coefficient (Wildman–Crippen LogP) is 2.19. The lowest BCUT2D eigenvalue weighted by molar-refractivity contribution is -0.111. The van der Waals surface area contributed by atoms with Crippen LogP contribution in [0.25, 0.3) is 0 Å². The number of carbonyl (C=O) groups is 1. The Labute approximate surface area is 128 Å². The van der Waals surface area contributed by atoms with E-state index in [2.05, 4.69) is 13.8 Å². The van der Waals surface area contributed by atoms with Crippen molar-refractivity contribution < 1.29 is 14.3 Å². The van der Waals surface area contributed by atoms with Crippen molar-refractivity contribution in [3.63, 3.8) is 0 Å². The van der Waals surface area contributed by atoms with Crippen LogP contribution in [0.5, 0.6) is 0 Å². The zero-order chi connectivity index (χ0) is 16.3. The molecule has 1 rings (SSSR count). The molecular formula is C15H31N3O3. The minimum absolute atomic E-state index is 0.221. The zero-order valence-corrected chi connectivity index (χ0v) is 14.3. The molecule has 0 aromatic carbocycles. The van der Waals surface area contributed by atoms with Gasteiger partial charge in [-0.1, -0.05) is 0 Å². The maximum absolute atomic E-state index is 12.0. The number of hydrazine groups is 1. The molecule has 1 heterocycles. The van der Waals surface area contributed by atoms with Gasteiger partial charge >= 0.3 is 6.09 Å². The van der Waals surface area contributed by atoms with Crippen molar-refractivity contribution in [3.05, 3.63) is 0 Å². The maximum atomic E-state index is 12.0. The van der Waals surface area contributed by atoms with Gasteiger partial charge in [0.2, 0.25) is 0 Å². The van der Waals surface area contributed by atoms with Gasteiger partial charge in [-0.05, 0) is 53.4 Å². The van der Waals surface area contributed by atoms with Gasteiger partial charge in [0, 0.05) is 20.1 Å². The molecule has 1 fully saturated rings. The van der Waals surface area contributed by atoms with E-state index in [9.17, 15) is 4.79 Å². The second-order valence-corrected chi connectivity index (χ2v) is 7.38. The highest BCUT2D eigenvalue weighted by Crippen LogP contribution is 2.31. The number of ether oxygens (including phenoxy) is 2. The van der Waals surface area contributed by atoms with E-state index in [0.29, 0.717) is 25.7 Å². The normalized spacial score (nSPS) is 18.2. The van der Waals surface area contributed by atoms with E-state index in [1.165, 1.54) is 5.01 Å². The Bertz CT molecular complexity index is 343. The molecule has 1 aliphatic heterocycles. The summed E-state index contributed by atoms with van der Waals surface area (Å²) >= 11 is 0. The van der Waals surface area contributed by atoms with Gasteiger partial charge in [-0.3, -0.25) is 5.84 Å². The van der Waals surface area contributed by atoms with Crippen LogP contribution in [0.15, 0.2) is 0 Å². The molecule has 1 saturated heterocycles. The Morgan fingerprint density at radius 3 is 2.19 bits per heavy atom. The van der Waals surface area contributed by atoms with Gasteiger partial charge in [-0.2, -0.15) is 0 Å². The fourth-order valence-corrected chi connectivity index (χ4v) is 2.47. The van der Waals surface area contributed by atoms with Crippen LogP contribution in [0.4, 0.5) is 4.79 Å². The lowest BCUT2D eigenvalue weighted by Gasteiger charge is -2.41. The van der Waals surface area contributed by atoms with E-state index in [4.69, 9.17) is 15.3 Å². The van der Waals surface area contributed by atoms with Gasteiger partial charge in [-0.15, -0.1) is 0 Å². The fourth-order valence-electron chi connectivity index (χ4n) is 2.47. The second kappa shape index (κ2) is 6.94. The zero-order valence-electron chi connectivity index (χ0n) is 14.3. The van der Waals surface area contributed by atoms with Crippen LogP contribution in [-0.2, 0) is 9.47 Å². The quantitative estimate of drug-likeness (QED) is 0.490. The number of carbonyl (C=O) groups excluding carboxylic acids is 1. The van der Waals surface area contributed by atoms with Crippen molar-refractivity contribution in [3.8, 4) is 0 Å². The fraction of sp³-hybridized carbons (Fsp3) is 0.933. The second-order valence-electron chi connectivity index (χ2n) is 7.38. The number of nitrogens with zero attached hydrogens (tertiary/aromatic N) is 2. The summed E-state index contributed by atoms with van der Waals surface area (Å²) in [7, 11) is 1.78. The minimum Gasteiger partial charge on any atom is -0.444 e. The van der Waals surface area contributed by atoms with E-state index in [0.717, 1.165) is 12.8 Å². The monoisotopic (exact) mass is 301 g/mol. The van der Waals surface area contributed by atoms with E-state index in [1.807, 2.05) is 20.8 Å². The molecule has 21 heavy (non-hydrogen) atoms. The third-order valence-corrected chi connectivity index (χ3v) is 3.77. The van der Waals surface area contributed by atoms with Gasteiger partial charge in [0.15, 0.2) is 0 Å². The first-order valence-electron chi connectivity index (χ1n) is 7.59. The van der Waals surface area contributed by atoms with Crippen molar-refractivity contribution in [2.45, 2.75) is 58.7 Å². The maximum Gasteiger partial charge on any atom is 0.410 e. The van der Waals surface area contributed by atoms with E-state index in [1.54, 1.807) is 11.9 Å². The molecule has 0 unspecified atom stereocenters. The molecule has 2 N–H and O–H groups in total. The Morgan fingerprint density at radius 2 is 1.76 bits per heavy atom. The molecule has 0 spiro atoms. The van der Waals surface area contributed by atoms with Gasteiger partial charge < -0.3 is 14.4 Å². The number of nitrogens with two attached hydrogens (primary N) is 1. The Kier molecular flexibility index (Phi) is 6.01. The van der Waals surface area contributed by atoms with Crippen molar-refractivity contribution >= 4 is 6.09 Å². The number of piperidine rings is 1. The first kappa shape index (κ1) is 18.2. The highest BCUT2D eigenvalue weighted by atomic mass is 16.6. The van der Waals surface area contributed by atoms with Crippen molar-refractivity contribution in [2.75, 3.05) is 26.9 Å². The van der Waals surface area contributed by atoms with E-state index in [-0.39, 0.29) is 11.7 Å². The van der Waals surface area contributed by atoms with Crippen LogP contribution in [0.1, 0.15) is 47.5 Å². The molecule has 1 aliphatic rings. The first-order valence-corrected chi connectivity index (χ1v) is 7.59. The van der Waals surface area contributed by atoms with Crippen LogP contribution in [0, 0.1) is 5.92 Å². The highest BCUT2D eigenvalue weighted by Gasteiger charge is 2.35. The largest absolute Gasteiger partial charge is 0.444 e. The number of rotatable bonds is 4. The third kappa shape index (κ3) is 6.20. The Balaban J connectivity index is 2.46. The average molecular weight is 301 g/mol. The first-order chi connectivity index (χ1) is 9.51. The molecule has 6 nitrogen and oxygen atoms in total. The molecule has 0 aliphatic carbocycles. The van der Waals surface area contributed by atoms with Crippen LogP contribution in [0.2, 0.25) is 0 Å². The standard InChI is InChI=1S/C15H31N3O3/c1-14(2,3)21-13(19)18-9-7-12(8-10-18)15(4,5)20-11-17(6)16/h12H,7-11,16H2,1-6H3. The molecule has 0 atom stereocenters. The molecule has 0 aromatic rings. The number of hydrogen-bond donors (Lipinski definition) is 1. The Hall–Kier alpha value is -0.850. The van der Waals surface area contributed by atoms with Crippen LogP contribution in [-0.4, -0.2) is 54.1 Å². The van der Waals surface area contributed by atoms with Crippen LogP contribution in [0.3, 0.4) is 0 Å². The third-order valence-electron chi connectivity index (χ3n) is 3.77. The number of amides is 1. The summed E-state index contributed by atoms with van der Waals surface area (Å²) in [6, 6.07) is 0. The summed E-state index contributed by atoms with van der Waals surface area (Å²) in [5, 5.41) is 1.53. The molecule has 0 saturated carbocycles. The smallest absolute Gasteiger partial charge is 0.410 e. The number of likely N-dealkylation sites (tertiary alicyclic amines) is 1. The molecule has 124 valence electrons.